The second-order valence-electron chi connectivity index (χ2n) is 4.20. The van der Waals surface area contributed by atoms with Gasteiger partial charge in [-0.15, -0.1) is 6.42 Å². The monoisotopic (exact) mass is 289 g/mol. The molecule has 2 N–H and O–H groups in total. The predicted octanol–water partition coefficient (Wildman–Crippen LogP) is -0.0155. The molecule has 0 spiro atoms. The van der Waals surface area contributed by atoms with Crippen molar-refractivity contribution >= 4 is 23.0 Å². The minimum Gasteiger partial charge on any atom is -0.480 e. The van der Waals surface area contributed by atoms with Crippen molar-refractivity contribution in [1.29, 1.82) is 0 Å². The fourth-order valence-corrected chi connectivity index (χ4v) is 1.94. The molecule has 0 saturated heterocycles. The normalized spacial score (nSPS) is 10.3. The summed E-state index contributed by atoms with van der Waals surface area (Å²) in [4.78, 5) is 42.2. The molecule has 0 aliphatic carbocycles. The molecule has 2 aromatic heterocycles. The first kappa shape index (κ1) is 14.3. The van der Waals surface area contributed by atoms with E-state index in [1.54, 1.807) is 0 Å². The van der Waals surface area contributed by atoms with E-state index < -0.39 is 24.0 Å². The second kappa shape index (κ2) is 5.50. The number of furan rings is 1. The van der Waals surface area contributed by atoms with Gasteiger partial charge in [-0.1, -0.05) is 5.92 Å². The third-order valence-corrected chi connectivity index (χ3v) is 2.78. The minimum absolute atomic E-state index is 0.00980. The third-order valence-electron chi connectivity index (χ3n) is 2.78. The Kier molecular flexibility index (Phi) is 3.75. The lowest BCUT2D eigenvalue weighted by atomic mass is 10.1. The summed E-state index contributed by atoms with van der Waals surface area (Å²) in [5.41, 5.74) is -0.567. The zero-order valence-corrected chi connectivity index (χ0v) is 11.0. The number of aryl methyl sites for hydroxylation is 1. The maximum atomic E-state index is 12.4. The molecule has 2 heterocycles. The van der Waals surface area contributed by atoms with Crippen molar-refractivity contribution in [3.63, 3.8) is 0 Å². The van der Waals surface area contributed by atoms with Gasteiger partial charge in [0.2, 0.25) is 5.71 Å². The van der Waals surface area contributed by atoms with Crippen LogP contribution in [0, 0.1) is 19.3 Å². The van der Waals surface area contributed by atoms with Crippen molar-refractivity contribution in [2.24, 2.45) is 0 Å². The van der Waals surface area contributed by atoms with Gasteiger partial charge in [0.1, 0.15) is 17.7 Å². The Balaban J connectivity index is 2.57. The van der Waals surface area contributed by atoms with Crippen LogP contribution in [0.2, 0.25) is 0 Å². The van der Waals surface area contributed by atoms with Crippen molar-refractivity contribution in [2.75, 3.05) is 13.1 Å². The molecule has 0 saturated carbocycles. The van der Waals surface area contributed by atoms with Crippen molar-refractivity contribution in [1.82, 2.24) is 14.9 Å². The highest BCUT2D eigenvalue weighted by atomic mass is 16.4. The summed E-state index contributed by atoms with van der Waals surface area (Å²) >= 11 is 0. The van der Waals surface area contributed by atoms with Crippen molar-refractivity contribution in [3.8, 4) is 12.3 Å². The number of rotatable bonds is 4. The Morgan fingerprint density at radius 1 is 1.57 bits per heavy atom. The van der Waals surface area contributed by atoms with Gasteiger partial charge in [-0.05, 0) is 6.92 Å². The first-order valence-electron chi connectivity index (χ1n) is 5.87. The van der Waals surface area contributed by atoms with Crippen LogP contribution in [0.15, 0.2) is 15.5 Å². The van der Waals surface area contributed by atoms with E-state index in [-0.39, 0.29) is 29.0 Å². The SMILES string of the molecule is C#CCN(CC(=O)O)C(=O)c1c(C)oc2nc[nH]c(=O)c12. The molecular weight excluding hydrogens is 278 g/mol. The van der Waals surface area contributed by atoms with E-state index in [9.17, 15) is 14.4 Å². The number of hydrogen-bond donors (Lipinski definition) is 2. The predicted molar refractivity (Wildman–Crippen MR) is 71.7 cm³/mol. The van der Waals surface area contributed by atoms with Gasteiger partial charge in [0.25, 0.3) is 11.5 Å². The number of carboxylic acids is 1. The molecule has 0 radical (unpaired) electrons. The summed E-state index contributed by atoms with van der Waals surface area (Å²) in [6.07, 6.45) is 6.29. The Labute approximate surface area is 118 Å². The lowest BCUT2D eigenvalue weighted by Crippen LogP contribution is -2.36. The zero-order valence-electron chi connectivity index (χ0n) is 11.0. The van der Waals surface area contributed by atoms with E-state index in [1.807, 2.05) is 0 Å². The van der Waals surface area contributed by atoms with E-state index in [2.05, 4.69) is 15.9 Å². The number of carbonyl (C=O) groups is 2. The van der Waals surface area contributed by atoms with E-state index >= 15 is 0 Å². The lowest BCUT2D eigenvalue weighted by Gasteiger charge is -2.17. The van der Waals surface area contributed by atoms with E-state index in [4.69, 9.17) is 15.9 Å². The summed E-state index contributed by atoms with van der Waals surface area (Å²) in [5.74, 6) is 0.479. The first-order valence-corrected chi connectivity index (χ1v) is 5.87. The molecule has 0 fully saturated rings. The van der Waals surface area contributed by atoms with Crippen LogP contribution in [0.25, 0.3) is 11.1 Å². The topological polar surface area (TPSA) is 116 Å². The van der Waals surface area contributed by atoms with Gasteiger partial charge in [0, 0.05) is 0 Å². The molecule has 0 bridgehead atoms. The summed E-state index contributed by atoms with van der Waals surface area (Å²) in [6, 6.07) is 0. The molecule has 8 nitrogen and oxygen atoms in total. The number of aromatic nitrogens is 2. The molecule has 108 valence electrons. The van der Waals surface area contributed by atoms with Gasteiger partial charge in [0.05, 0.1) is 18.4 Å². The van der Waals surface area contributed by atoms with Crippen LogP contribution in [0.5, 0.6) is 0 Å². The van der Waals surface area contributed by atoms with Gasteiger partial charge >= 0.3 is 5.97 Å². The van der Waals surface area contributed by atoms with Gasteiger partial charge in [-0.25, -0.2) is 4.98 Å². The maximum Gasteiger partial charge on any atom is 0.323 e. The summed E-state index contributed by atoms with van der Waals surface area (Å²) in [6.45, 7) is 0.714. The number of fused-ring (bicyclic) bond motifs is 1. The number of nitrogens with one attached hydrogen (secondary N) is 1. The number of aromatic amines is 1. The van der Waals surface area contributed by atoms with Crippen LogP contribution in [-0.4, -0.2) is 44.9 Å². The molecule has 2 rings (SSSR count). The van der Waals surface area contributed by atoms with Crippen LogP contribution < -0.4 is 5.56 Å². The third kappa shape index (κ3) is 2.62. The van der Waals surface area contributed by atoms with E-state index in [0.717, 1.165) is 11.2 Å². The Bertz CT molecular complexity index is 811. The molecular formula is C13H11N3O5. The number of aliphatic carboxylic acids is 1. The number of amides is 1. The van der Waals surface area contributed by atoms with E-state index in [0.29, 0.717) is 0 Å². The van der Waals surface area contributed by atoms with Gasteiger partial charge in [-0.3, -0.25) is 14.4 Å². The molecule has 8 heteroatoms. The lowest BCUT2D eigenvalue weighted by molar-refractivity contribution is -0.137. The van der Waals surface area contributed by atoms with Crippen molar-refractivity contribution < 1.29 is 19.1 Å². The fraction of sp³-hybridized carbons (Fsp3) is 0.231. The summed E-state index contributed by atoms with van der Waals surface area (Å²) in [7, 11) is 0. The molecule has 2 aromatic rings. The Morgan fingerprint density at radius 3 is 2.90 bits per heavy atom. The van der Waals surface area contributed by atoms with Gasteiger partial charge < -0.3 is 19.4 Å². The maximum absolute atomic E-state index is 12.4. The molecule has 1 amide bonds. The molecule has 0 aromatic carbocycles. The summed E-state index contributed by atoms with van der Waals surface area (Å²) in [5, 5.41) is 8.81. The van der Waals surface area contributed by atoms with Crippen LogP contribution in [0.1, 0.15) is 16.1 Å². The molecule has 21 heavy (non-hydrogen) atoms. The van der Waals surface area contributed by atoms with Crippen LogP contribution >= 0.6 is 0 Å². The first-order chi connectivity index (χ1) is 9.95. The number of carboxylic acid groups (broad SMARTS) is 1. The zero-order chi connectivity index (χ0) is 15.6. The average Bonchev–Trinajstić information content (AvgIpc) is 2.74. The largest absolute Gasteiger partial charge is 0.480 e. The van der Waals surface area contributed by atoms with Crippen molar-refractivity contribution in [2.45, 2.75) is 6.92 Å². The molecule has 0 aliphatic rings. The average molecular weight is 289 g/mol. The van der Waals surface area contributed by atoms with E-state index in [1.165, 1.54) is 6.92 Å². The highest BCUT2D eigenvalue weighted by molar-refractivity contribution is 6.06. The number of carbonyl (C=O) groups excluding carboxylic acids is 1. The van der Waals surface area contributed by atoms with Crippen LogP contribution in [0.4, 0.5) is 0 Å². The standard InChI is InChI=1S/C13H11N3O5/c1-3-4-16(5-8(17)18)13(20)9-7(2)21-12-10(9)11(19)14-6-15-12/h1,6H,4-5H2,2H3,(H,17,18)(H,14,15,19). The number of terminal acetylenes is 1. The highest BCUT2D eigenvalue weighted by Crippen LogP contribution is 2.22. The second-order valence-corrected chi connectivity index (χ2v) is 4.20. The van der Waals surface area contributed by atoms with Gasteiger partial charge in [0.15, 0.2) is 0 Å². The van der Waals surface area contributed by atoms with Crippen LogP contribution in [-0.2, 0) is 4.79 Å². The number of H-pyrrole nitrogens is 1. The summed E-state index contributed by atoms with van der Waals surface area (Å²) < 4.78 is 5.26. The van der Waals surface area contributed by atoms with Crippen molar-refractivity contribution in [3.05, 3.63) is 28.0 Å². The molecule has 0 atom stereocenters. The highest BCUT2D eigenvalue weighted by Gasteiger charge is 2.26. The fourth-order valence-electron chi connectivity index (χ4n) is 1.94. The number of nitrogens with zero attached hydrogens (tertiary/aromatic N) is 2. The van der Waals surface area contributed by atoms with Crippen LogP contribution in [0.3, 0.4) is 0 Å². The molecule has 0 aliphatic heterocycles. The Hall–Kier alpha value is -3.08. The Morgan fingerprint density at radius 2 is 2.29 bits per heavy atom. The quantitative estimate of drug-likeness (QED) is 0.764. The number of hydrogen-bond acceptors (Lipinski definition) is 5. The molecule has 0 unspecified atom stereocenters. The smallest absolute Gasteiger partial charge is 0.323 e. The van der Waals surface area contributed by atoms with Gasteiger partial charge in [-0.2, -0.15) is 0 Å². The minimum atomic E-state index is -1.21.